The zero-order valence-corrected chi connectivity index (χ0v) is 17.3. The summed E-state index contributed by atoms with van der Waals surface area (Å²) < 4.78 is 5.60. The molecule has 3 aromatic rings. The fourth-order valence-electron chi connectivity index (χ4n) is 4.16. The Balaban J connectivity index is 1.43. The summed E-state index contributed by atoms with van der Waals surface area (Å²) in [5.74, 6) is -1.12. The summed E-state index contributed by atoms with van der Waals surface area (Å²) in [6, 6.07) is 18.9. The van der Waals surface area contributed by atoms with E-state index >= 15 is 0 Å². The minimum Gasteiger partial charge on any atom is -0.480 e. The van der Waals surface area contributed by atoms with Crippen LogP contribution in [0, 0.1) is 0 Å². The summed E-state index contributed by atoms with van der Waals surface area (Å²) in [5, 5.41) is 9.65. The molecule has 6 heteroatoms. The van der Waals surface area contributed by atoms with E-state index < -0.39 is 18.1 Å². The van der Waals surface area contributed by atoms with Gasteiger partial charge in [-0.1, -0.05) is 48.5 Å². The van der Waals surface area contributed by atoms with Gasteiger partial charge in [-0.05, 0) is 52.8 Å². The van der Waals surface area contributed by atoms with Gasteiger partial charge < -0.3 is 9.84 Å². The molecule has 1 atom stereocenters. The largest absolute Gasteiger partial charge is 0.480 e. The number of carbonyl (C=O) groups is 2. The molecule has 0 saturated heterocycles. The van der Waals surface area contributed by atoms with Crippen LogP contribution >= 0.6 is 0 Å². The Labute approximate surface area is 181 Å². The van der Waals surface area contributed by atoms with Crippen LogP contribution in [-0.2, 0) is 16.0 Å². The van der Waals surface area contributed by atoms with Crippen LogP contribution in [0.3, 0.4) is 0 Å². The Morgan fingerprint density at radius 3 is 2.16 bits per heavy atom. The second kappa shape index (κ2) is 9.00. The van der Waals surface area contributed by atoms with Crippen molar-refractivity contribution in [2.24, 2.45) is 0 Å². The molecule has 0 bridgehead atoms. The van der Waals surface area contributed by atoms with Crippen LogP contribution in [0.4, 0.5) is 4.79 Å². The van der Waals surface area contributed by atoms with Gasteiger partial charge in [0.25, 0.3) is 0 Å². The van der Waals surface area contributed by atoms with E-state index in [1.54, 1.807) is 12.4 Å². The zero-order valence-electron chi connectivity index (χ0n) is 17.3. The quantitative estimate of drug-likeness (QED) is 0.619. The molecule has 2 aromatic carbocycles. The van der Waals surface area contributed by atoms with Crippen LogP contribution in [-0.4, -0.2) is 46.7 Å². The highest BCUT2D eigenvalue weighted by atomic mass is 16.6. The average molecular weight is 416 g/mol. The minimum absolute atomic E-state index is 0.0650. The van der Waals surface area contributed by atoms with Crippen molar-refractivity contribution in [2.75, 3.05) is 13.7 Å². The number of carboxylic acids is 1. The summed E-state index contributed by atoms with van der Waals surface area (Å²) in [7, 11) is 1.48. The lowest BCUT2D eigenvalue weighted by atomic mass is 9.98. The number of aliphatic carboxylic acids is 1. The number of aromatic nitrogens is 1. The van der Waals surface area contributed by atoms with Gasteiger partial charge in [-0.25, -0.2) is 9.59 Å². The van der Waals surface area contributed by atoms with E-state index in [0.29, 0.717) is 12.8 Å². The number of benzene rings is 2. The highest BCUT2D eigenvalue weighted by Crippen LogP contribution is 2.44. The van der Waals surface area contributed by atoms with Crippen LogP contribution in [0.1, 0.15) is 29.0 Å². The molecule has 1 heterocycles. The van der Waals surface area contributed by atoms with Crippen molar-refractivity contribution in [3.05, 3.63) is 89.7 Å². The predicted molar refractivity (Wildman–Crippen MR) is 117 cm³/mol. The zero-order chi connectivity index (χ0) is 21.8. The van der Waals surface area contributed by atoms with Crippen LogP contribution in [0.2, 0.25) is 0 Å². The number of likely N-dealkylation sites (N-methyl/N-ethyl adjacent to an activating group) is 1. The van der Waals surface area contributed by atoms with Gasteiger partial charge in [-0.15, -0.1) is 0 Å². The number of carbonyl (C=O) groups excluding carboxylic acids is 1. The number of pyridine rings is 1. The fourth-order valence-corrected chi connectivity index (χ4v) is 4.16. The first-order valence-corrected chi connectivity index (χ1v) is 10.3. The molecule has 1 N–H and O–H groups in total. The van der Waals surface area contributed by atoms with Crippen LogP contribution < -0.4 is 0 Å². The maximum absolute atomic E-state index is 12.7. The molecule has 1 aliphatic rings. The molecule has 0 fully saturated rings. The second-order valence-electron chi connectivity index (χ2n) is 7.66. The molecule has 0 unspecified atom stereocenters. The molecule has 158 valence electrons. The van der Waals surface area contributed by atoms with E-state index in [2.05, 4.69) is 17.1 Å². The lowest BCUT2D eigenvalue weighted by molar-refractivity contribution is -0.142. The molecule has 0 radical (unpaired) electrons. The van der Waals surface area contributed by atoms with Crippen molar-refractivity contribution in [3.63, 3.8) is 0 Å². The van der Waals surface area contributed by atoms with Crippen molar-refractivity contribution in [1.29, 1.82) is 0 Å². The predicted octanol–water partition coefficient (Wildman–Crippen LogP) is 4.35. The fraction of sp³-hybridized carbons (Fsp3) is 0.240. The van der Waals surface area contributed by atoms with Crippen molar-refractivity contribution < 1.29 is 19.4 Å². The van der Waals surface area contributed by atoms with Gasteiger partial charge in [0.05, 0.1) is 0 Å². The first kappa shape index (κ1) is 20.6. The number of aryl methyl sites for hydroxylation is 1. The average Bonchev–Trinajstić information content (AvgIpc) is 3.11. The van der Waals surface area contributed by atoms with E-state index in [0.717, 1.165) is 27.8 Å². The van der Waals surface area contributed by atoms with Gasteiger partial charge in [0.2, 0.25) is 0 Å². The number of hydrogen-bond donors (Lipinski definition) is 1. The van der Waals surface area contributed by atoms with Gasteiger partial charge in [-0.3, -0.25) is 9.88 Å². The van der Waals surface area contributed by atoms with Crippen LogP contribution in [0.25, 0.3) is 11.1 Å². The summed E-state index contributed by atoms with van der Waals surface area (Å²) in [4.78, 5) is 29.6. The molecule has 1 aromatic heterocycles. The summed E-state index contributed by atoms with van der Waals surface area (Å²) in [6.07, 6.45) is 3.52. The Bertz CT molecular complexity index is 1040. The Hall–Kier alpha value is -3.67. The SMILES string of the molecule is CN(C(=O)OCC1c2ccccc2-c2ccccc21)[C@@H](CCc1ccncc1)C(=O)O. The first-order valence-electron chi connectivity index (χ1n) is 10.3. The topological polar surface area (TPSA) is 79.7 Å². The lowest BCUT2D eigenvalue weighted by Crippen LogP contribution is -2.43. The van der Waals surface area contributed by atoms with E-state index in [9.17, 15) is 14.7 Å². The number of carboxylic acid groups (broad SMARTS) is 1. The Kier molecular flexibility index (Phi) is 5.98. The van der Waals surface area contributed by atoms with Gasteiger partial charge in [0.1, 0.15) is 12.6 Å². The molecular formula is C25H24N2O4. The maximum Gasteiger partial charge on any atom is 0.410 e. The summed E-state index contributed by atoms with van der Waals surface area (Å²) in [6.45, 7) is 0.161. The van der Waals surface area contributed by atoms with Gasteiger partial charge in [0.15, 0.2) is 0 Å². The molecule has 6 nitrogen and oxygen atoms in total. The maximum atomic E-state index is 12.7. The molecule has 0 aliphatic heterocycles. The molecule has 31 heavy (non-hydrogen) atoms. The molecule has 4 rings (SSSR count). The van der Waals surface area contributed by atoms with Crippen LogP contribution in [0.5, 0.6) is 0 Å². The van der Waals surface area contributed by atoms with Crippen molar-refractivity contribution in [3.8, 4) is 11.1 Å². The van der Waals surface area contributed by atoms with Gasteiger partial charge >= 0.3 is 12.1 Å². The number of fused-ring (bicyclic) bond motifs is 3. The highest BCUT2D eigenvalue weighted by molar-refractivity contribution is 5.81. The van der Waals surface area contributed by atoms with E-state index in [-0.39, 0.29) is 12.5 Å². The summed E-state index contributed by atoms with van der Waals surface area (Å²) >= 11 is 0. The third-order valence-corrected chi connectivity index (χ3v) is 5.83. The lowest BCUT2D eigenvalue weighted by Gasteiger charge is -2.25. The molecular weight excluding hydrogens is 392 g/mol. The van der Waals surface area contributed by atoms with Crippen molar-refractivity contribution in [2.45, 2.75) is 24.8 Å². The van der Waals surface area contributed by atoms with E-state index in [4.69, 9.17) is 4.74 Å². The second-order valence-corrected chi connectivity index (χ2v) is 7.66. The monoisotopic (exact) mass is 416 g/mol. The molecule has 1 aliphatic carbocycles. The molecule has 0 spiro atoms. The smallest absolute Gasteiger partial charge is 0.410 e. The molecule has 1 amide bonds. The van der Waals surface area contributed by atoms with Crippen molar-refractivity contribution >= 4 is 12.1 Å². The van der Waals surface area contributed by atoms with E-state index in [1.165, 1.54) is 11.9 Å². The number of amides is 1. The third kappa shape index (κ3) is 4.28. The van der Waals surface area contributed by atoms with Crippen LogP contribution in [0.15, 0.2) is 73.1 Å². The number of ether oxygens (including phenoxy) is 1. The first-order chi connectivity index (χ1) is 15.1. The number of nitrogens with zero attached hydrogens (tertiary/aromatic N) is 2. The van der Waals surface area contributed by atoms with Crippen molar-refractivity contribution in [1.82, 2.24) is 9.88 Å². The van der Waals surface area contributed by atoms with Gasteiger partial charge in [-0.2, -0.15) is 0 Å². The normalized spacial score (nSPS) is 13.2. The van der Waals surface area contributed by atoms with E-state index in [1.807, 2.05) is 48.5 Å². The minimum atomic E-state index is -1.05. The van der Waals surface area contributed by atoms with Gasteiger partial charge in [0, 0.05) is 25.4 Å². The standard InChI is InChI=1S/C25H24N2O4/c1-27(23(24(28)29)11-10-17-12-14-26-15-13-17)25(30)31-16-22-20-8-4-2-6-18(20)19-7-3-5-9-21(19)22/h2-9,12-15,22-23H,10-11,16H2,1H3,(H,28,29)/t23-/m0/s1. The Morgan fingerprint density at radius 2 is 1.58 bits per heavy atom. The number of hydrogen-bond acceptors (Lipinski definition) is 4. The third-order valence-electron chi connectivity index (χ3n) is 5.83. The highest BCUT2D eigenvalue weighted by Gasteiger charge is 2.31. The summed E-state index contributed by atoms with van der Waals surface area (Å²) in [5.41, 5.74) is 5.50. The Morgan fingerprint density at radius 1 is 1.00 bits per heavy atom. The number of rotatable bonds is 7. The molecule has 0 saturated carbocycles.